The molecular weight excluding hydrogens is 168 g/mol. The SMILES string of the molecule is O=CNn1c(=O)[nH]c(=O)[nH]c1=O. The Balaban J connectivity index is 3.49. The van der Waals surface area contributed by atoms with E-state index in [2.05, 4.69) is 0 Å². The fourth-order valence-corrected chi connectivity index (χ4v) is 0.599. The third kappa shape index (κ3) is 1.31. The van der Waals surface area contributed by atoms with E-state index in [1.165, 1.54) is 0 Å². The number of aromatic amines is 2. The third-order valence-electron chi connectivity index (χ3n) is 1.03. The quantitative estimate of drug-likeness (QED) is 0.410. The van der Waals surface area contributed by atoms with E-state index in [4.69, 9.17) is 0 Å². The van der Waals surface area contributed by atoms with Crippen molar-refractivity contribution >= 4 is 6.41 Å². The highest BCUT2D eigenvalue weighted by Gasteiger charge is 1.99. The van der Waals surface area contributed by atoms with Crippen LogP contribution in [-0.2, 0) is 4.79 Å². The molecule has 0 spiro atoms. The van der Waals surface area contributed by atoms with Crippen LogP contribution in [0.5, 0.6) is 0 Å². The highest BCUT2D eigenvalue weighted by molar-refractivity contribution is 5.56. The first-order valence-electron chi connectivity index (χ1n) is 2.81. The molecule has 0 bridgehead atoms. The molecule has 64 valence electrons. The van der Waals surface area contributed by atoms with Gasteiger partial charge >= 0.3 is 17.1 Å². The van der Waals surface area contributed by atoms with Crippen LogP contribution in [-0.4, -0.2) is 21.1 Å². The summed E-state index contributed by atoms with van der Waals surface area (Å²) in [5.41, 5.74) is -1.15. The molecule has 0 atom stereocenters. The van der Waals surface area contributed by atoms with Crippen LogP contribution >= 0.6 is 0 Å². The van der Waals surface area contributed by atoms with Crippen molar-refractivity contribution < 1.29 is 4.79 Å². The van der Waals surface area contributed by atoms with Crippen LogP contribution in [0.25, 0.3) is 0 Å². The van der Waals surface area contributed by atoms with E-state index in [0.717, 1.165) is 0 Å². The number of hydrogen-bond donors (Lipinski definition) is 3. The van der Waals surface area contributed by atoms with Gasteiger partial charge in [0.1, 0.15) is 0 Å². The van der Waals surface area contributed by atoms with Crippen molar-refractivity contribution in [3.05, 3.63) is 31.5 Å². The zero-order valence-corrected chi connectivity index (χ0v) is 5.66. The molecule has 8 nitrogen and oxygen atoms in total. The van der Waals surface area contributed by atoms with Gasteiger partial charge in [-0.25, -0.2) is 14.4 Å². The summed E-state index contributed by atoms with van der Waals surface area (Å²) in [6.45, 7) is 0. The molecule has 0 aliphatic rings. The number of amides is 1. The number of carbonyl (C=O) groups excluding carboxylic acids is 1. The summed E-state index contributed by atoms with van der Waals surface area (Å²) >= 11 is 0. The van der Waals surface area contributed by atoms with Gasteiger partial charge in [-0.05, 0) is 0 Å². The van der Waals surface area contributed by atoms with Crippen molar-refractivity contribution in [1.29, 1.82) is 0 Å². The van der Waals surface area contributed by atoms with Crippen molar-refractivity contribution in [2.45, 2.75) is 0 Å². The van der Waals surface area contributed by atoms with Gasteiger partial charge in [0.2, 0.25) is 6.41 Å². The van der Waals surface area contributed by atoms with Crippen molar-refractivity contribution in [1.82, 2.24) is 14.6 Å². The smallest absolute Gasteiger partial charge is 0.277 e. The van der Waals surface area contributed by atoms with Crippen molar-refractivity contribution in [3.8, 4) is 0 Å². The Hall–Kier alpha value is -2.12. The number of hydrogen-bond acceptors (Lipinski definition) is 4. The summed E-state index contributed by atoms with van der Waals surface area (Å²) in [4.78, 5) is 45.2. The van der Waals surface area contributed by atoms with E-state index in [0.29, 0.717) is 4.68 Å². The van der Waals surface area contributed by atoms with Gasteiger partial charge in [0.15, 0.2) is 0 Å². The van der Waals surface area contributed by atoms with E-state index in [-0.39, 0.29) is 6.41 Å². The van der Waals surface area contributed by atoms with E-state index in [1.54, 1.807) is 15.4 Å². The second-order valence-electron chi connectivity index (χ2n) is 1.77. The van der Waals surface area contributed by atoms with Crippen LogP contribution < -0.4 is 22.5 Å². The molecule has 1 aromatic heterocycles. The monoisotopic (exact) mass is 172 g/mol. The maximum absolute atomic E-state index is 10.7. The van der Waals surface area contributed by atoms with Crippen LogP contribution in [0.2, 0.25) is 0 Å². The predicted molar refractivity (Wildman–Crippen MR) is 37.4 cm³/mol. The molecule has 0 radical (unpaired) electrons. The number of aromatic nitrogens is 3. The minimum atomic E-state index is -1.00. The van der Waals surface area contributed by atoms with Gasteiger partial charge in [-0.1, -0.05) is 0 Å². The fraction of sp³-hybridized carbons (Fsp3) is 0. The minimum absolute atomic E-state index is 0.134. The molecular formula is C4H4N4O4. The lowest BCUT2D eigenvalue weighted by molar-refractivity contribution is -0.106. The molecule has 1 amide bonds. The van der Waals surface area contributed by atoms with E-state index in [1.807, 2.05) is 0 Å². The molecule has 0 saturated heterocycles. The Morgan fingerprint density at radius 3 is 2.08 bits per heavy atom. The molecule has 0 fully saturated rings. The topological polar surface area (TPSA) is 117 Å². The number of nitrogens with one attached hydrogen (secondary N) is 3. The van der Waals surface area contributed by atoms with Gasteiger partial charge < -0.3 is 0 Å². The van der Waals surface area contributed by atoms with Gasteiger partial charge in [0.05, 0.1) is 0 Å². The van der Waals surface area contributed by atoms with Gasteiger partial charge in [-0.3, -0.25) is 20.2 Å². The summed E-state index contributed by atoms with van der Waals surface area (Å²) in [5.74, 6) is 0. The normalized spacial score (nSPS) is 9.33. The standard InChI is InChI=1S/C4H4N4O4/c9-1-5-8-3(11)6-2(10)7-4(8)12/h1H,(H,5,9)(H2,6,7,10,11,12). The van der Waals surface area contributed by atoms with E-state index < -0.39 is 17.1 Å². The fourth-order valence-electron chi connectivity index (χ4n) is 0.599. The zero-order valence-electron chi connectivity index (χ0n) is 5.66. The molecule has 1 rings (SSSR count). The maximum Gasteiger partial charge on any atom is 0.353 e. The highest BCUT2D eigenvalue weighted by Crippen LogP contribution is 1.48. The summed E-state index contributed by atoms with van der Waals surface area (Å²) in [6, 6.07) is 0. The Morgan fingerprint density at radius 1 is 1.17 bits per heavy atom. The number of H-pyrrole nitrogens is 2. The lowest BCUT2D eigenvalue weighted by atomic mass is 11.0. The van der Waals surface area contributed by atoms with Crippen LogP contribution in [0.15, 0.2) is 14.4 Å². The largest absolute Gasteiger partial charge is 0.353 e. The Bertz CT molecular complexity index is 417. The van der Waals surface area contributed by atoms with Crippen LogP contribution in [0.1, 0.15) is 0 Å². The van der Waals surface area contributed by atoms with Crippen LogP contribution in [0.3, 0.4) is 0 Å². The zero-order chi connectivity index (χ0) is 9.14. The molecule has 8 heteroatoms. The second kappa shape index (κ2) is 2.86. The van der Waals surface area contributed by atoms with Gasteiger partial charge in [0, 0.05) is 0 Å². The highest BCUT2D eigenvalue weighted by atomic mass is 16.2. The number of nitrogens with zero attached hydrogens (tertiary/aromatic N) is 1. The lowest BCUT2D eigenvalue weighted by Gasteiger charge is -1.96. The molecule has 3 N–H and O–H groups in total. The number of rotatable bonds is 2. The van der Waals surface area contributed by atoms with Crippen LogP contribution in [0, 0.1) is 0 Å². The summed E-state index contributed by atoms with van der Waals surface area (Å²) in [6.07, 6.45) is 0.134. The average Bonchev–Trinajstić information content (AvgIpc) is 1.96. The maximum atomic E-state index is 10.7. The average molecular weight is 172 g/mol. The van der Waals surface area contributed by atoms with Gasteiger partial charge in [-0.15, -0.1) is 4.68 Å². The Kier molecular flexibility index (Phi) is 1.90. The second-order valence-corrected chi connectivity index (χ2v) is 1.77. The minimum Gasteiger partial charge on any atom is -0.277 e. The summed E-state index contributed by atoms with van der Waals surface area (Å²) in [7, 11) is 0. The molecule has 0 aliphatic heterocycles. The molecule has 0 unspecified atom stereocenters. The summed E-state index contributed by atoms with van der Waals surface area (Å²) < 4.78 is 0.328. The van der Waals surface area contributed by atoms with Crippen molar-refractivity contribution in [3.63, 3.8) is 0 Å². The molecule has 0 aliphatic carbocycles. The first kappa shape index (κ1) is 7.98. The first-order chi connectivity index (χ1) is 5.65. The van der Waals surface area contributed by atoms with Gasteiger partial charge in [0.25, 0.3) is 0 Å². The summed E-state index contributed by atoms with van der Waals surface area (Å²) in [5, 5.41) is 0. The van der Waals surface area contributed by atoms with E-state index >= 15 is 0 Å². The lowest BCUT2D eigenvalue weighted by Crippen LogP contribution is -2.47. The molecule has 12 heavy (non-hydrogen) atoms. The molecule has 1 aromatic rings. The van der Waals surface area contributed by atoms with E-state index in [9.17, 15) is 19.2 Å². The Morgan fingerprint density at radius 2 is 1.67 bits per heavy atom. The van der Waals surface area contributed by atoms with Crippen molar-refractivity contribution in [2.75, 3.05) is 5.43 Å². The van der Waals surface area contributed by atoms with Gasteiger partial charge in [-0.2, -0.15) is 0 Å². The number of carbonyl (C=O) groups is 1. The molecule has 1 heterocycles. The van der Waals surface area contributed by atoms with Crippen LogP contribution in [0.4, 0.5) is 0 Å². The third-order valence-corrected chi connectivity index (χ3v) is 1.03. The first-order valence-corrected chi connectivity index (χ1v) is 2.81. The molecule has 0 aromatic carbocycles. The van der Waals surface area contributed by atoms with Crippen molar-refractivity contribution in [2.24, 2.45) is 0 Å². The Labute approximate surface area is 63.8 Å². The molecule has 0 saturated carbocycles. The predicted octanol–water partition coefficient (Wildman–Crippen LogP) is -3.08.